The minimum Gasteiger partial charge on any atom is -0.387 e. The quantitative estimate of drug-likeness (QED) is 0.146. The number of carbonyl (C=O) groups is 1. The molecular weight excluding hydrogens is 762 g/mol. The third-order valence-corrected chi connectivity index (χ3v) is 13.4. The lowest BCUT2D eigenvalue weighted by atomic mass is 9.79. The fourth-order valence-electron chi connectivity index (χ4n) is 9.33. The first-order valence-electron chi connectivity index (χ1n) is 19.2. The molecule has 5 heterocycles. The molecule has 3 aliphatic heterocycles. The Labute approximate surface area is 332 Å². The number of hydrogen-bond acceptors (Lipinski definition) is 6. The van der Waals surface area contributed by atoms with Crippen molar-refractivity contribution >= 4 is 50.9 Å². The second kappa shape index (κ2) is 14.0. The number of nitrogens with one attached hydrogen (secondary N) is 1. The summed E-state index contributed by atoms with van der Waals surface area (Å²) in [4.78, 5) is 21.0. The SMILES string of the molecule is CC(O)c1nc2c(F)c(-c3cccc(Cl)c3Cl)c(CCC#N)cc2c2c1cc([C@H]1C[C@H](OCc3c(F)cccc3F)CN1C(=O)C1(C)CC1)n2[C@H]1[C@H]2CN[C@@H]1C2. The Hall–Kier alpha value is -4.18. The maximum atomic E-state index is 17.4. The van der Waals surface area contributed by atoms with Crippen molar-refractivity contribution in [2.45, 2.75) is 89.3 Å². The van der Waals surface area contributed by atoms with E-state index in [0.717, 1.165) is 31.5 Å². The number of likely N-dealkylation sites (tertiary alicyclic amines) is 1. The van der Waals surface area contributed by atoms with Crippen LogP contribution in [0.5, 0.6) is 0 Å². The molecule has 3 saturated heterocycles. The van der Waals surface area contributed by atoms with Crippen LogP contribution in [0.25, 0.3) is 32.9 Å². The molecule has 2 bridgehead atoms. The van der Waals surface area contributed by atoms with Crippen LogP contribution < -0.4 is 5.32 Å². The summed E-state index contributed by atoms with van der Waals surface area (Å²) in [6, 6.07) is 14.4. The van der Waals surface area contributed by atoms with E-state index < -0.39 is 41.1 Å². The van der Waals surface area contributed by atoms with Gasteiger partial charge in [0.15, 0.2) is 5.82 Å². The van der Waals surface area contributed by atoms with Gasteiger partial charge in [-0.25, -0.2) is 18.2 Å². The fraction of sp³-hybridized carbons (Fsp3) is 0.419. The molecule has 13 heteroatoms. The van der Waals surface area contributed by atoms with Gasteiger partial charge in [-0.1, -0.05) is 48.3 Å². The number of fused-ring (bicyclic) bond motifs is 4. The number of aliphatic hydroxyl groups is 1. The molecule has 0 radical (unpaired) electrons. The maximum absolute atomic E-state index is 17.4. The highest BCUT2D eigenvalue weighted by Gasteiger charge is 2.53. The number of aryl methyl sites for hydroxylation is 1. The van der Waals surface area contributed by atoms with Crippen LogP contribution in [0, 0.1) is 40.1 Å². The van der Waals surface area contributed by atoms with Crippen molar-refractivity contribution in [3.05, 3.63) is 98.5 Å². The number of aliphatic hydroxyl groups excluding tert-OH is 1. The maximum Gasteiger partial charge on any atom is 0.229 e. The van der Waals surface area contributed by atoms with Gasteiger partial charge in [0.05, 0.1) is 58.2 Å². The van der Waals surface area contributed by atoms with Crippen LogP contribution in [0.2, 0.25) is 10.0 Å². The highest BCUT2D eigenvalue weighted by Crippen LogP contribution is 2.53. The van der Waals surface area contributed by atoms with Crippen molar-refractivity contribution in [2.24, 2.45) is 11.3 Å². The molecule has 6 atom stereocenters. The Morgan fingerprint density at radius 2 is 1.88 bits per heavy atom. The summed E-state index contributed by atoms with van der Waals surface area (Å²) in [6.45, 7) is 4.29. The Morgan fingerprint density at radius 3 is 2.54 bits per heavy atom. The van der Waals surface area contributed by atoms with Gasteiger partial charge in [0.1, 0.15) is 17.2 Å². The highest BCUT2D eigenvalue weighted by atomic mass is 35.5. The molecule has 5 fully saturated rings. The number of nitrogens with zero attached hydrogens (tertiary/aromatic N) is 4. The number of aromatic nitrogens is 2. The minimum atomic E-state index is -1.09. The van der Waals surface area contributed by atoms with Crippen LogP contribution in [0.1, 0.15) is 86.7 Å². The zero-order chi connectivity index (χ0) is 39.2. The average molecular weight is 803 g/mol. The van der Waals surface area contributed by atoms with Crippen LogP contribution >= 0.6 is 23.2 Å². The second-order valence-electron chi connectivity index (χ2n) is 16.2. The molecule has 2 aliphatic carbocycles. The Kier molecular flexibility index (Phi) is 9.37. The van der Waals surface area contributed by atoms with Crippen LogP contribution in [-0.2, 0) is 22.6 Å². The Bertz CT molecular complexity index is 2450. The van der Waals surface area contributed by atoms with E-state index in [2.05, 4.69) is 16.0 Å². The molecular formula is C43H40Cl2F3N5O3. The van der Waals surface area contributed by atoms with Crippen LogP contribution in [0.4, 0.5) is 13.2 Å². The normalized spacial score (nSPS) is 24.1. The molecule has 2 saturated carbocycles. The third kappa shape index (κ3) is 5.99. The van der Waals surface area contributed by atoms with Gasteiger partial charge in [-0.3, -0.25) is 4.79 Å². The van der Waals surface area contributed by atoms with Crippen molar-refractivity contribution in [2.75, 3.05) is 13.1 Å². The Morgan fingerprint density at radius 1 is 1.12 bits per heavy atom. The van der Waals surface area contributed by atoms with E-state index >= 15 is 4.39 Å². The lowest BCUT2D eigenvalue weighted by Gasteiger charge is -2.39. The number of nitriles is 1. The molecule has 3 aromatic carbocycles. The van der Waals surface area contributed by atoms with Crippen LogP contribution in [-0.4, -0.2) is 50.7 Å². The van der Waals surface area contributed by atoms with Gasteiger partial charge in [-0.05, 0) is 74.4 Å². The van der Waals surface area contributed by atoms with Gasteiger partial charge >= 0.3 is 0 Å². The van der Waals surface area contributed by atoms with E-state index in [0.29, 0.717) is 33.8 Å². The minimum absolute atomic E-state index is 0.0104. The van der Waals surface area contributed by atoms with E-state index in [4.69, 9.17) is 32.9 Å². The lowest BCUT2D eigenvalue weighted by Crippen LogP contribution is -2.41. The molecule has 2 aromatic heterocycles. The molecule has 8 nitrogen and oxygen atoms in total. The van der Waals surface area contributed by atoms with Gasteiger partial charge in [0, 0.05) is 70.5 Å². The van der Waals surface area contributed by atoms with Crippen LogP contribution in [0.3, 0.4) is 0 Å². The van der Waals surface area contributed by atoms with E-state index in [9.17, 15) is 23.9 Å². The summed E-state index contributed by atoms with van der Waals surface area (Å²) in [5.41, 5.74) is 2.27. The molecule has 2 N–H and O–H groups in total. The number of amides is 1. The Balaban J connectivity index is 1.26. The van der Waals surface area contributed by atoms with Crippen molar-refractivity contribution < 1.29 is 27.8 Å². The molecule has 1 unspecified atom stereocenters. The standard InChI is InChI=1S/C43H40Cl2F3N5O3/c1-21(54)38-27-17-34(33-16-24(19-52(33)42(55)43(2)11-12-43)56-20-28-30(46)9-4-10-31(28)47)53(40-23-15-32(40)50-18-23)41(27)26-14-22(6-5-13-49)35(37(48)39(26)51-38)25-7-3-8-29(44)36(25)45/h3-4,7-10,14,17,21,23-24,32-33,40,50,54H,5-6,11-12,15-16,18-20H2,1-2H3/t21?,23-,24+,32-,33-,40+/m1/s1. The van der Waals surface area contributed by atoms with E-state index in [1.807, 2.05) is 24.0 Å². The summed E-state index contributed by atoms with van der Waals surface area (Å²) < 4.78 is 55.2. The number of carbonyl (C=O) groups excluding carboxylic acids is 1. The van der Waals surface area contributed by atoms with Crippen LogP contribution in [0.15, 0.2) is 48.5 Å². The number of ether oxygens (including phenoxy) is 1. The summed E-state index contributed by atoms with van der Waals surface area (Å²) >= 11 is 13.1. The molecule has 0 spiro atoms. The van der Waals surface area contributed by atoms with Crippen molar-refractivity contribution in [3.8, 4) is 17.2 Å². The number of hydrogen-bond donors (Lipinski definition) is 2. The number of pyridine rings is 1. The zero-order valence-corrected chi connectivity index (χ0v) is 32.4. The fourth-order valence-corrected chi connectivity index (χ4v) is 9.73. The number of halogens is 5. The van der Waals surface area contributed by atoms with Crippen molar-refractivity contribution in [1.82, 2.24) is 19.8 Å². The molecule has 290 valence electrons. The first-order valence-corrected chi connectivity index (χ1v) is 19.9. The molecule has 1 amide bonds. The van der Waals surface area contributed by atoms with Crippen molar-refractivity contribution in [1.29, 1.82) is 5.26 Å². The molecule has 56 heavy (non-hydrogen) atoms. The molecule has 10 rings (SSSR count). The van der Waals surface area contributed by atoms with Gasteiger partial charge < -0.3 is 24.6 Å². The topological polar surface area (TPSA) is 103 Å². The number of benzene rings is 3. The predicted molar refractivity (Wildman–Crippen MR) is 208 cm³/mol. The average Bonchev–Trinajstić information content (AvgIpc) is 3.62. The summed E-state index contributed by atoms with van der Waals surface area (Å²) in [7, 11) is 0. The van der Waals surface area contributed by atoms with E-state index in [-0.39, 0.29) is 82.3 Å². The van der Waals surface area contributed by atoms with Gasteiger partial charge in [0.25, 0.3) is 0 Å². The summed E-state index contributed by atoms with van der Waals surface area (Å²) in [6.07, 6.45) is 1.57. The zero-order valence-electron chi connectivity index (χ0n) is 30.9. The first kappa shape index (κ1) is 37.4. The largest absolute Gasteiger partial charge is 0.387 e. The summed E-state index contributed by atoms with van der Waals surface area (Å²) in [5.74, 6) is -1.77. The van der Waals surface area contributed by atoms with Crippen molar-refractivity contribution in [3.63, 3.8) is 0 Å². The second-order valence-corrected chi connectivity index (χ2v) is 16.9. The third-order valence-electron chi connectivity index (χ3n) is 12.6. The van der Waals surface area contributed by atoms with E-state index in [1.165, 1.54) is 18.2 Å². The van der Waals surface area contributed by atoms with E-state index in [1.54, 1.807) is 25.1 Å². The number of rotatable bonds is 10. The van der Waals surface area contributed by atoms with Gasteiger partial charge in [0.2, 0.25) is 5.91 Å². The predicted octanol–water partition coefficient (Wildman–Crippen LogP) is 9.28. The highest BCUT2D eigenvalue weighted by molar-refractivity contribution is 6.43. The van der Waals surface area contributed by atoms with Gasteiger partial charge in [-0.15, -0.1) is 0 Å². The molecule has 5 aromatic rings. The smallest absolute Gasteiger partial charge is 0.229 e. The lowest BCUT2D eigenvalue weighted by molar-refractivity contribution is -0.138. The monoisotopic (exact) mass is 801 g/mol. The first-order chi connectivity index (χ1) is 26.9. The molecule has 5 aliphatic rings. The summed E-state index contributed by atoms with van der Waals surface area (Å²) in [5, 5.41) is 26.1. The van der Waals surface area contributed by atoms with Gasteiger partial charge in [-0.2, -0.15) is 5.26 Å².